The van der Waals surface area contributed by atoms with Gasteiger partial charge in [0, 0.05) is 5.56 Å². The number of cyclic esters (lactones) is 1. The van der Waals surface area contributed by atoms with Gasteiger partial charge in [0.1, 0.15) is 11.5 Å². The minimum atomic E-state index is -0.755. The van der Waals surface area contributed by atoms with Crippen molar-refractivity contribution in [2.45, 2.75) is 19.8 Å². The number of amides is 2. The van der Waals surface area contributed by atoms with E-state index in [9.17, 15) is 14.4 Å². The number of ketones is 1. The van der Waals surface area contributed by atoms with Crippen LogP contribution in [0, 0.1) is 6.92 Å². The van der Waals surface area contributed by atoms with Crippen molar-refractivity contribution in [3.8, 4) is 17.2 Å². The van der Waals surface area contributed by atoms with Crippen LogP contribution in [-0.2, 0) is 16.0 Å². The first-order valence-electron chi connectivity index (χ1n) is 10.0. The van der Waals surface area contributed by atoms with Crippen LogP contribution in [-0.4, -0.2) is 29.4 Å². The predicted molar refractivity (Wildman–Crippen MR) is 114 cm³/mol. The van der Waals surface area contributed by atoms with E-state index in [0.717, 1.165) is 11.1 Å². The van der Waals surface area contributed by atoms with Crippen molar-refractivity contribution < 1.29 is 28.3 Å². The number of ether oxygens (including phenoxy) is 2. The van der Waals surface area contributed by atoms with Gasteiger partial charge in [0.15, 0.2) is 18.1 Å². The number of alkyl carbamates (subject to hydrolysis) is 1. The summed E-state index contributed by atoms with van der Waals surface area (Å²) in [6.07, 6.45) is 2.00. The molecule has 0 unspecified atom stereocenters. The van der Waals surface area contributed by atoms with Crippen molar-refractivity contribution in [1.82, 2.24) is 10.3 Å². The zero-order valence-corrected chi connectivity index (χ0v) is 17.3. The number of benzene rings is 2. The van der Waals surface area contributed by atoms with Gasteiger partial charge >= 0.3 is 6.09 Å². The highest BCUT2D eigenvalue weighted by Crippen LogP contribution is 2.22. The first-order chi connectivity index (χ1) is 15.5. The molecular formula is C24H20N2O6. The molecule has 1 aliphatic rings. The summed E-state index contributed by atoms with van der Waals surface area (Å²) in [7, 11) is 0. The van der Waals surface area contributed by atoms with E-state index in [1.807, 2.05) is 47.8 Å². The van der Waals surface area contributed by atoms with Crippen molar-refractivity contribution in [1.29, 1.82) is 0 Å². The number of aromatic nitrogens is 1. The summed E-state index contributed by atoms with van der Waals surface area (Å²) in [4.78, 5) is 39.3. The van der Waals surface area contributed by atoms with Gasteiger partial charge in [0.25, 0.3) is 5.91 Å². The number of oxazole rings is 1. The summed E-state index contributed by atoms with van der Waals surface area (Å²) < 4.78 is 16.0. The topological polar surface area (TPSA) is 108 Å². The molecule has 0 atom stereocenters. The van der Waals surface area contributed by atoms with Crippen molar-refractivity contribution in [2.75, 3.05) is 6.61 Å². The van der Waals surface area contributed by atoms with E-state index in [-0.39, 0.29) is 23.8 Å². The summed E-state index contributed by atoms with van der Waals surface area (Å²) in [5.74, 6) is 0.621. The van der Waals surface area contributed by atoms with Crippen LogP contribution in [0.25, 0.3) is 11.5 Å². The van der Waals surface area contributed by atoms with E-state index in [1.165, 1.54) is 0 Å². The molecule has 162 valence electrons. The lowest BCUT2D eigenvalue weighted by Crippen LogP contribution is -2.18. The highest BCUT2D eigenvalue weighted by molar-refractivity contribution is 6.07. The molecule has 4 rings (SSSR count). The van der Waals surface area contributed by atoms with Crippen LogP contribution in [0.15, 0.2) is 70.8 Å². The van der Waals surface area contributed by atoms with Crippen LogP contribution in [0.1, 0.15) is 28.2 Å². The summed E-state index contributed by atoms with van der Waals surface area (Å²) >= 11 is 0. The first-order valence-corrected chi connectivity index (χ1v) is 10.0. The molecule has 2 heterocycles. The molecule has 2 amide bonds. The summed E-state index contributed by atoms with van der Waals surface area (Å²) in [6.45, 7) is 1.54. The number of carbonyl (C=O) groups is 3. The first kappa shape index (κ1) is 21.0. The number of carbonyl (C=O) groups excluding carboxylic acids is 3. The van der Waals surface area contributed by atoms with Crippen LogP contribution in [0.2, 0.25) is 0 Å². The Morgan fingerprint density at radius 3 is 2.53 bits per heavy atom. The maximum Gasteiger partial charge on any atom is 0.419 e. The SMILES string of the molecule is Cc1oc(-c2ccccc2)nc1C(=O)COc1ccc(CC/C=C2\OC(=O)NC2=O)cc1. The largest absolute Gasteiger partial charge is 0.485 e. The number of rotatable bonds is 8. The molecule has 0 bridgehead atoms. The Morgan fingerprint density at radius 1 is 1.09 bits per heavy atom. The highest BCUT2D eigenvalue weighted by atomic mass is 16.6. The van der Waals surface area contributed by atoms with Crippen molar-refractivity contribution in [3.63, 3.8) is 0 Å². The monoisotopic (exact) mass is 432 g/mol. The molecular weight excluding hydrogens is 412 g/mol. The molecule has 1 aliphatic heterocycles. The Bertz CT molecular complexity index is 1180. The van der Waals surface area contributed by atoms with Crippen LogP contribution < -0.4 is 10.1 Å². The van der Waals surface area contributed by atoms with Gasteiger partial charge in [-0.25, -0.2) is 9.78 Å². The zero-order chi connectivity index (χ0) is 22.5. The Labute approximate surface area is 183 Å². The van der Waals surface area contributed by atoms with Crippen LogP contribution in [0.3, 0.4) is 0 Å². The zero-order valence-electron chi connectivity index (χ0n) is 17.3. The second kappa shape index (κ2) is 9.30. The molecule has 0 aliphatic carbocycles. The summed E-state index contributed by atoms with van der Waals surface area (Å²) in [5, 5.41) is 2.05. The lowest BCUT2D eigenvalue weighted by molar-refractivity contribution is -0.116. The number of hydrogen-bond donors (Lipinski definition) is 1. The highest BCUT2D eigenvalue weighted by Gasteiger charge is 2.25. The molecule has 0 saturated carbocycles. The molecule has 8 heteroatoms. The van der Waals surface area contributed by atoms with Crippen molar-refractivity contribution in [2.24, 2.45) is 0 Å². The number of allylic oxidation sites excluding steroid dienone is 1. The van der Waals surface area contributed by atoms with Crippen molar-refractivity contribution >= 4 is 17.8 Å². The molecule has 1 N–H and O–H groups in total. The quantitative estimate of drug-likeness (QED) is 0.423. The lowest BCUT2D eigenvalue weighted by Gasteiger charge is -2.06. The Hall–Kier alpha value is -4.20. The van der Waals surface area contributed by atoms with Crippen LogP contribution in [0.5, 0.6) is 5.75 Å². The summed E-state index contributed by atoms with van der Waals surface area (Å²) in [5.41, 5.74) is 2.06. The van der Waals surface area contributed by atoms with Gasteiger partial charge in [0.2, 0.25) is 11.7 Å². The third-order valence-corrected chi connectivity index (χ3v) is 4.78. The van der Waals surface area contributed by atoms with Crippen molar-refractivity contribution in [3.05, 3.63) is 83.5 Å². The minimum absolute atomic E-state index is 0.0204. The number of Topliss-reactive ketones (excluding diaryl/α,β-unsaturated/α-hetero) is 1. The number of imide groups is 1. The Kier molecular flexibility index (Phi) is 6.12. The van der Waals surface area contributed by atoms with Crippen LogP contribution in [0.4, 0.5) is 4.79 Å². The molecule has 2 aromatic carbocycles. The second-order valence-corrected chi connectivity index (χ2v) is 7.10. The van der Waals surface area contributed by atoms with E-state index >= 15 is 0 Å². The predicted octanol–water partition coefficient (Wildman–Crippen LogP) is 3.99. The normalized spacial score (nSPS) is 14.3. The molecule has 1 saturated heterocycles. The minimum Gasteiger partial charge on any atom is -0.485 e. The molecule has 1 fully saturated rings. The number of hydrogen-bond acceptors (Lipinski definition) is 7. The number of aryl methyl sites for hydroxylation is 2. The van der Waals surface area contributed by atoms with E-state index in [1.54, 1.807) is 25.1 Å². The maximum atomic E-state index is 12.5. The number of nitrogens with zero attached hydrogens (tertiary/aromatic N) is 1. The standard InChI is InChI=1S/C24H20N2O6/c1-15-21(25-23(31-15)17-7-3-2-4-8-17)19(27)14-30-18-12-10-16(11-13-18)6-5-9-20-22(28)26-24(29)32-20/h2-4,7-13H,5-6,14H2,1H3,(H,26,28,29)/b20-9-. The molecule has 3 aromatic rings. The van der Waals surface area contributed by atoms with E-state index in [4.69, 9.17) is 13.9 Å². The van der Waals surface area contributed by atoms with E-state index < -0.39 is 12.0 Å². The van der Waals surface area contributed by atoms with Gasteiger partial charge in [-0.1, -0.05) is 30.3 Å². The fourth-order valence-electron chi connectivity index (χ4n) is 3.16. The molecule has 0 spiro atoms. The van der Waals surface area contributed by atoms with E-state index in [2.05, 4.69) is 4.98 Å². The average Bonchev–Trinajstić information content (AvgIpc) is 3.34. The number of nitrogens with one attached hydrogen (secondary N) is 1. The maximum absolute atomic E-state index is 12.5. The van der Waals surface area contributed by atoms with Gasteiger partial charge in [0.05, 0.1) is 0 Å². The van der Waals surface area contributed by atoms with Gasteiger partial charge in [-0.05, 0) is 55.7 Å². The Morgan fingerprint density at radius 2 is 1.84 bits per heavy atom. The van der Waals surface area contributed by atoms with Gasteiger partial charge in [-0.3, -0.25) is 14.9 Å². The molecule has 8 nitrogen and oxygen atoms in total. The molecule has 1 aromatic heterocycles. The fourth-order valence-corrected chi connectivity index (χ4v) is 3.16. The van der Waals surface area contributed by atoms with Gasteiger partial charge in [-0.2, -0.15) is 0 Å². The molecule has 0 radical (unpaired) electrons. The van der Waals surface area contributed by atoms with Gasteiger partial charge in [-0.15, -0.1) is 0 Å². The lowest BCUT2D eigenvalue weighted by atomic mass is 10.1. The van der Waals surface area contributed by atoms with E-state index in [0.29, 0.717) is 30.2 Å². The summed E-state index contributed by atoms with van der Waals surface area (Å²) in [6, 6.07) is 16.6. The molecule has 32 heavy (non-hydrogen) atoms. The smallest absolute Gasteiger partial charge is 0.419 e. The average molecular weight is 432 g/mol. The Balaban J connectivity index is 1.30. The third-order valence-electron chi connectivity index (χ3n) is 4.78. The fraction of sp³-hybridized carbons (Fsp3) is 0.167. The van der Waals surface area contributed by atoms with Crippen LogP contribution >= 0.6 is 0 Å². The van der Waals surface area contributed by atoms with Gasteiger partial charge < -0.3 is 13.9 Å². The second-order valence-electron chi connectivity index (χ2n) is 7.10. The third kappa shape index (κ3) is 4.92.